The van der Waals surface area contributed by atoms with Gasteiger partial charge in [-0.2, -0.15) is 0 Å². The molecule has 0 unspecified atom stereocenters. The van der Waals surface area contributed by atoms with Crippen molar-refractivity contribution in [1.82, 2.24) is 15.0 Å². The van der Waals surface area contributed by atoms with Crippen LogP contribution in [0.5, 0.6) is 5.75 Å². The van der Waals surface area contributed by atoms with Gasteiger partial charge < -0.3 is 15.4 Å². The molecule has 3 N–H and O–H groups in total. The molecule has 0 bridgehead atoms. The van der Waals surface area contributed by atoms with E-state index in [4.69, 9.17) is 21.9 Å². The molecule has 0 saturated heterocycles. The smallest absolute Gasteiger partial charge is 0.264 e. The number of benzene rings is 3. The topological polar surface area (TPSA) is 118 Å². The molecular weight excluding hydrogens is 496 g/mol. The van der Waals surface area contributed by atoms with Gasteiger partial charge in [-0.1, -0.05) is 18.2 Å². The lowest BCUT2D eigenvalue weighted by Crippen LogP contribution is -2.20. The first-order valence-electron chi connectivity index (χ1n) is 10.8. The van der Waals surface area contributed by atoms with E-state index < -0.39 is 10.0 Å². The zero-order valence-corrected chi connectivity index (χ0v) is 20.6. The number of sulfonamides is 1. The van der Waals surface area contributed by atoms with E-state index in [1.165, 1.54) is 24.5 Å². The Morgan fingerprint density at radius 3 is 2.33 bits per heavy atom. The molecule has 9 nitrogen and oxygen atoms in total. The lowest BCUT2D eigenvalue weighted by Gasteiger charge is -2.16. The quantitative estimate of drug-likeness (QED) is 0.216. The van der Waals surface area contributed by atoms with Crippen molar-refractivity contribution in [2.45, 2.75) is 4.90 Å². The number of rotatable bonds is 6. The molecule has 0 radical (unpaired) electrons. The van der Waals surface area contributed by atoms with Crippen LogP contribution in [0, 0.1) is 0 Å². The summed E-state index contributed by atoms with van der Waals surface area (Å²) in [6.07, 6.45) is 2.91. The molecule has 2 aromatic heterocycles. The van der Waals surface area contributed by atoms with Crippen LogP contribution < -0.4 is 20.1 Å². The Morgan fingerprint density at radius 2 is 1.58 bits per heavy atom. The van der Waals surface area contributed by atoms with Crippen molar-refractivity contribution < 1.29 is 13.2 Å². The maximum atomic E-state index is 12.6. The highest BCUT2D eigenvalue weighted by Crippen LogP contribution is 2.33. The molecule has 5 rings (SSSR count). The van der Waals surface area contributed by atoms with E-state index in [9.17, 15) is 8.42 Å². The number of fused-ring (bicyclic) bond motifs is 2. The van der Waals surface area contributed by atoms with Crippen LogP contribution >= 0.6 is 12.2 Å². The van der Waals surface area contributed by atoms with Crippen LogP contribution in [0.3, 0.4) is 0 Å². The molecule has 0 fully saturated rings. The predicted molar refractivity (Wildman–Crippen MR) is 145 cm³/mol. The summed E-state index contributed by atoms with van der Waals surface area (Å²) in [7, 11) is -2.22. The number of thiocarbonyl (C=S) groups is 1. The molecule has 0 aliphatic heterocycles. The van der Waals surface area contributed by atoms with E-state index in [2.05, 4.69) is 25.3 Å². The fourth-order valence-electron chi connectivity index (χ4n) is 3.66. The fourth-order valence-corrected chi connectivity index (χ4v) is 4.83. The van der Waals surface area contributed by atoms with Gasteiger partial charge in [0, 0.05) is 28.9 Å². The number of nitrogens with zero attached hydrogens (tertiary/aromatic N) is 3. The largest absolute Gasteiger partial charge is 0.497 e. The lowest BCUT2D eigenvalue weighted by molar-refractivity contribution is 0.415. The maximum absolute atomic E-state index is 12.6. The Morgan fingerprint density at radius 1 is 0.861 bits per heavy atom. The molecule has 180 valence electrons. The number of aromatic nitrogens is 3. The number of ether oxygens (including phenoxy) is 1. The average molecular weight is 517 g/mol. The first-order valence-corrected chi connectivity index (χ1v) is 12.7. The van der Waals surface area contributed by atoms with Crippen LogP contribution in [0.1, 0.15) is 0 Å². The van der Waals surface area contributed by atoms with E-state index in [1.807, 2.05) is 42.5 Å². The number of hydrogen-bond donors (Lipinski definition) is 3. The predicted octanol–water partition coefficient (Wildman–Crippen LogP) is 4.80. The van der Waals surface area contributed by atoms with Gasteiger partial charge in [0.05, 0.1) is 28.7 Å². The second-order valence-corrected chi connectivity index (χ2v) is 9.76. The Bertz CT molecular complexity index is 1680. The third-order valence-corrected chi connectivity index (χ3v) is 6.89. The molecule has 0 aliphatic rings. The zero-order valence-electron chi connectivity index (χ0n) is 19.0. The summed E-state index contributed by atoms with van der Waals surface area (Å²) in [5.41, 5.74) is 3.02. The van der Waals surface area contributed by atoms with E-state index >= 15 is 0 Å². The Labute approximate surface area is 212 Å². The minimum atomic E-state index is -3.83. The van der Waals surface area contributed by atoms with E-state index in [1.54, 1.807) is 25.3 Å². The van der Waals surface area contributed by atoms with Gasteiger partial charge in [0.15, 0.2) is 5.11 Å². The van der Waals surface area contributed by atoms with Crippen molar-refractivity contribution in [2.75, 3.05) is 22.5 Å². The van der Waals surface area contributed by atoms with Crippen molar-refractivity contribution in [1.29, 1.82) is 0 Å². The minimum absolute atomic E-state index is 0.00138. The number of hydrogen-bond acceptors (Lipinski definition) is 7. The molecule has 11 heteroatoms. The standard InChI is InChI=1S/C25H20N6O3S2/c1-34-17-9-12-22-20(15-17)23(19-5-2-3-6-21(19)29-22)30-25(35)28-16-7-10-18(11-8-16)36(32,33)31-24-26-13-4-14-27-24/h2-15H,1H3,(H,26,27,31)(H2,28,29,30,35). The molecule has 2 heterocycles. The molecular formula is C25H20N6O3S2. The van der Waals surface area contributed by atoms with Gasteiger partial charge in [-0.05, 0) is 66.8 Å². The molecule has 0 saturated carbocycles. The highest BCUT2D eigenvalue weighted by molar-refractivity contribution is 7.92. The van der Waals surface area contributed by atoms with Gasteiger partial charge in [0.2, 0.25) is 5.95 Å². The van der Waals surface area contributed by atoms with Crippen molar-refractivity contribution >= 4 is 66.5 Å². The van der Waals surface area contributed by atoms with E-state index in [0.29, 0.717) is 16.5 Å². The van der Waals surface area contributed by atoms with Gasteiger partial charge in [-0.15, -0.1) is 0 Å². The van der Waals surface area contributed by atoms with Crippen LogP contribution in [0.25, 0.3) is 21.8 Å². The average Bonchev–Trinajstić information content (AvgIpc) is 2.89. The highest BCUT2D eigenvalue weighted by atomic mass is 32.2. The molecule has 36 heavy (non-hydrogen) atoms. The van der Waals surface area contributed by atoms with Crippen LogP contribution in [-0.4, -0.2) is 35.6 Å². The van der Waals surface area contributed by atoms with Crippen molar-refractivity contribution in [3.8, 4) is 5.75 Å². The van der Waals surface area contributed by atoms with Crippen molar-refractivity contribution in [3.05, 3.63) is 85.2 Å². The van der Waals surface area contributed by atoms with Gasteiger partial charge >= 0.3 is 0 Å². The molecule has 5 aromatic rings. The van der Waals surface area contributed by atoms with Crippen LogP contribution in [0.15, 0.2) is 90.1 Å². The third-order valence-electron chi connectivity index (χ3n) is 5.34. The fraction of sp³-hybridized carbons (Fsp3) is 0.0400. The van der Waals surface area contributed by atoms with Crippen LogP contribution in [-0.2, 0) is 10.0 Å². The Balaban J connectivity index is 1.38. The highest BCUT2D eigenvalue weighted by Gasteiger charge is 2.16. The van der Waals surface area contributed by atoms with Gasteiger partial charge in [0.1, 0.15) is 5.75 Å². The summed E-state index contributed by atoms with van der Waals surface area (Å²) in [6.45, 7) is 0. The lowest BCUT2D eigenvalue weighted by atomic mass is 10.1. The SMILES string of the molecule is COc1ccc2nc3ccccc3c(NC(=S)Nc3ccc(S(=O)(=O)Nc4ncccn4)cc3)c2c1. The van der Waals surface area contributed by atoms with Crippen molar-refractivity contribution in [3.63, 3.8) is 0 Å². The van der Waals surface area contributed by atoms with Gasteiger partial charge in [0.25, 0.3) is 10.0 Å². The summed E-state index contributed by atoms with van der Waals surface area (Å²) in [5, 5.41) is 8.48. The summed E-state index contributed by atoms with van der Waals surface area (Å²) in [4.78, 5) is 12.6. The molecule has 0 amide bonds. The van der Waals surface area contributed by atoms with Crippen LogP contribution in [0.4, 0.5) is 17.3 Å². The molecule has 3 aromatic carbocycles. The Kier molecular flexibility index (Phi) is 6.32. The molecule has 0 atom stereocenters. The molecule has 0 aliphatic carbocycles. The first-order chi connectivity index (χ1) is 17.4. The number of para-hydroxylation sites is 1. The summed E-state index contributed by atoms with van der Waals surface area (Å²) >= 11 is 5.58. The number of methoxy groups -OCH3 is 1. The Hall–Kier alpha value is -4.35. The first kappa shape index (κ1) is 23.4. The van der Waals surface area contributed by atoms with E-state index in [0.717, 1.165) is 27.5 Å². The van der Waals surface area contributed by atoms with Crippen LogP contribution in [0.2, 0.25) is 0 Å². The molecule has 0 spiro atoms. The number of anilines is 3. The summed E-state index contributed by atoms with van der Waals surface area (Å²) < 4.78 is 33.0. The third kappa shape index (κ3) is 4.88. The van der Waals surface area contributed by atoms with Gasteiger partial charge in [-0.25, -0.2) is 28.1 Å². The van der Waals surface area contributed by atoms with Gasteiger partial charge in [-0.3, -0.25) is 0 Å². The monoisotopic (exact) mass is 516 g/mol. The normalized spacial score (nSPS) is 11.2. The summed E-state index contributed by atoms with van der Waals surface area (Å²) in [6, 6.07) is 21.2. The second kappa shape index (κ2) is 9.72. The summed E-state index contributed by atoms with van der Waals surface area (Å²) in [5.74, 6) is 0.700. The number of pyridine rings is 1. The van der Waals surface area contributed by atoms with E-state index in [-0.39, 0.29) is 10.8 Å². The number of nitrogens with one attached hydrogen (secondary N) is 3. The minimum Gasteiger partial charge on any atom is -0.497 e. The van der Waals surface area contributed by atoms with Crippen molar-refractivity contribution in [2.24, 2.45) is 0 Å². The maximum Gasteiger partial charge on any atom is 0.264 e. The second-order valence-electron chi connectivity index (χ2n) is 7.67. The zero-order chi connectivity index (χ0) is 25.1.